The maximum absolute atomic E-state index is 5.95. The van der Waals surface area contributed by atoms with Crippen molar-refractivity contribution >= 4 is 23.0 Å². The van der Waals surface area contributed by atoms with Crippen LogP contribution in [0.4, 0.5) is 5.82 Å². The van der Waals surface area contributed by atoms with Crippen LogP contribution in [0.25, 0.3) is 0 Å². The molecule has 0 radical (unpaired) electrons. The third-order valence-corrected chi connectivity index (χ3v) is 4.19. The fourth-order valence-corrected chi connectivity index (χ4v) is 3.34. The Hall–Kier alpha value is -1.16. The highest BCUT2D eigenvalue weighted by Gasteiger charge is 2.27. The molecule has 0 atom stereocenters. The predicted octanol–water partition coefficient (Wildman–Crippen LogP) is 3.43. The molecule has 1 aromatic heterocycles. The third kappa shape index (κ3) is 3.29. The van der Waals surface area contributed by atoms with E-state index in [4.69, 9.17) is 18.0 Å². The minimum Gasteiger partial charge on any atom is -0.389 e. The number of aromatic nitrogens is 1. The Balaban J connectivity index is 2.42. The zero-order valence-corrected chi connectivity index (χ0v) is 13.5. The molecule has 1 fully saturated rings. The molecule has 4 heteroatoms. The molecule has 20 heavy (non-hydrogen) atoms. The van der Waals surface area contributed by atoms with E-state index in [9.17, 15) is 0 Å². The largest absolute Gasteiger partial charge is 0.389 e. The average molecular weight is 291 g/mol. The van der Waals surface area contributed by atoms with E-state index in [1.165, 1.54) is 25.7 Å². The summed E-state index contributed by atoms with van der Waals surface area (Å²) in [7, 11) is 0. The van der Waals surface area contributed by atoms with Crippen LogP contribution in [0.2, 0.25) is 0 Å². The van der Waals surface area contributed by atoms with Crippen molar-refractivity contribution in [1.29, 1.82) is 0 Å². The van der Waals surface area contributed by atoms with Gasteiger partial charge in [-0.25, -0.2) is 4.98 Å². The lowest BCUT2D eigenvalue weighted by molar-refractivity contribution is 0.531. The van der Waals surface area contributed by atoms with Crippen LogP contribution in [0.3, 0.4) is 0 Å². The zero-order valence-electron chi connectivity index (χ0n) is 12.7. The van der Waals surface area contributed by atoms with Gasteiger partial charge in [-0.05, 0) is 37.3 Å². The van der Waals surface area contributed by atoms with Crippen LogP contribution in [0.1, 0.15) is 50.7 Å². The van der Waals surface area contributed by atoms with Crippen molar-refractivity contribution in [3.63, 3.8) is 0 Å². The number of anilines is 1. The second kappa shape index (κ2) is 6.53. The minimum atomic E-state index is 0.456. The smallest absolute Gasteiger partial charge is 0.139 e. The molecule has 0 unspecified atom stereocenters. The monoisotopic (exact) mass is 291 g/mol. The van der Waals surface area contributed by atoms with Crippen LogP contribution in [0, 0.1) is 12.8 Å². The second-order valence-electron chi connectivity index (χ2n) is 6.18. The highest BCUT2D eigenvalue weighted by atomic mass is 32.1. The van der Waals surface area contributed by atoms with Gasteiger partial charge in [0.15, 0.2) is 0 Å². The molecule has 3 nitrogen and oxygen atoms in total. The number of hydrogen-bond donors (Lipinski definition) is 1. The lowest BCUT2D eigenvalue weighted by atomic mass is 10.1. The van der Waals surface area contributed by atoms with Crippen molar-refractivity contribution in [3.05, 3.63) is 23.4 Å². The molecule has 0 amide bonds. The van der Waals surface area contributed by atoms with Crippen molar-refractivity contribution in [1.82, 2.24) is 4.98 Å². The first-order valence-corrected chi connectivity index (χ1v) is 7.93. The zero-order chi connectivity index (χ0) is 14.7. The molecule has 2 rings (SSSR count). The Morgan fingerprint density at radius 3 is 2.65 bits per heavy atom. The number of pyridine rings is 1. The lowest BCUT2D eigenvalue weighted by Gasteiger charge is -2.33. The van der Waals surface area contributed by atoms with Gasteiger partial charge in [-0.15, -0.1) is 0 Å². The molecule has 0 spiro atoms. The molecule has 1 aliphatic carbocycles. The van der Waals surface area contributed by atoms with Gasteiger partial charge in [-0.2, -0.15) is 0 Å². The van der Waals surface area contributed by atoms with Crippen LogP contribution in [0.5, 0.6) is 0 Å². The topological polar surface area (TPSA) is 42.2 Å². The van der Waals surface area contributed by atoms with Crippen molar-refractivity contribution < 1.29 is 0 Å². The summed E-state index contributed by atoms with van der Waals surface area (Å²) in [6.45, 7) is 7.56. The first kappa shape index (κ1) is 15.2. The summed E-state index contributed by atoms with van der Waals surface area (Å²) >= 11 is 5.26. The fraction of sp³-hybridized carbons (Fsp3) is 0.625. The first-order valence-electron chi connectivity index (χ1n) is 7.52. The summed E-state index contributed by atoms with van der Waals surface area (Å²) in [6, 6.07) is 2.57. The van der Waals surface area contributed by atoms with Gasteiger partial charge < -0.3 is 10.6 Å². The lowest BCUT2D eigenvalue weighted by Crippen LogP contribution is -2.38. The van der Waals surface area contributed by atoms with Gasteiger partial charge in [0.1, 0.15) is 10.8 Å². The molecule has 1 aliphatic rings. The van der Waals surface area contributed by atoms with Crippen LogP contribution < -0.4 is 10.6 Å². The van der Waals surface area contributed by atoms with E-state index in [2.05, 4.69) is 30.7 Å². The van der Waals surface area contributed by atoms with E-state index in [1.807, 2.05) is 12.3 Å². The van der Waals surface area contributed by atoms with Gasteiger partial charge >= 0.3 is 0 Å². The summed E-state index contributed by atoms with van der Waals surface area (Å²) in [6.07, 6.45) is 6.99. The standard InChI is InChI=1S/C16H25N3S/c1-11(2)10-19(13-6-4-5-7-13)16-14(15(17)20)12(3)8-9-18-16/h8-9,11,13H,4-7,10H2,1-3H3,(H2,17,20). The van der Waals surface area contributed by atoms with Crippen molar-refractivity contribution in [3.8, 4) is 0 Å². The van der Waals surface area contributed by atoms with Crippen molar-refractivity contribution in [2.75, 3.05) is 11.4 Å². The van der Waals surface area contributed by atoms with E-state index in [0.717, 1.165) is 23.5 Å². The SMILES string of the molecule is Cc1ccnc(N(CC(C)C)C2CCCC2)c1C(N)=S. The molecule has 1 heterocycles. The maximum Gasteiger partial charge on any atom is 0.139 e. The molecule has 0 aromatic carbocycles. The summed E-state index contributed by atoms with van der Waals surface area (Å²) in [4.78, 5) is 7.52. The van der Waals surface area contributed by atoms with Gasteiger partial charge in [-0.3, -0.25) is 0 Å². The summed E-state index contributed by atoms with van der Waals surface area (Å²) < 4.78 is 0. The van der Waals surface area contributed by atoms with E-state index in [1.54, 1.807) is 0 Å². The van der Waals surface area contributed by atoms with Gasteiger partial charge in [-0.1, -0.05) is 38.9 Å². The predicted molar refractivity (Wildman–Crippen MR) is 89.3 cm³/mol. The second-order valence-corrected chi connectivity index (χ2v) is 6.62. The molecule has 1 aromatic rings. The van der Waals surface area contributed by atoms with Crippen molar-refractivity contribution in [2.45, 2.75) is 52.5 Å². The van der Waals surface area contributed by atoms with Gasteiger partial charge in [0.2, 0.25) is 0 Å². The van der Waals surface area contributed by atoms with Crippen LogP contribution in [-0.2, 0) is 0 Å². The summed E-state index contributed by atoms with van der Waals surface area (Å²) in [5, 5.41) is 0. The van der Waals surface area contributed by atoms with Crippen molar-refractivity contribution in [2.24, 2.45) is 11.7 Å². The fourth-order valence-electron chi connectivity index (χ4n) is 3.08. The van der Waals surface area contributed by atoms with E-state index in [0.29, 0.717) is 16.9 Å². The molecule has 110 valence electrons. The highest BCUT2D eigenvalue weighted by Crippen LogP contribution is 2.31. The third-order valence-electron chi connectivity index (χ3n) is 3.99. The maximum atomic E-state index is 5.95. The Bertz CT molecular complexity index is 479. The van der Waals surface area contributed by atoms with Crippen LogP contribution in [-0.4, -0.2) is 22.6 Å². The molecular weight excluding hydrogens is 266 g/mol. The van der Waals surface area contributed by atoms with Crippen LogP contribution >= 0.6 is 12.2 Å². The van der Waals surface area contributed by atoms with Gasteiger partial charge in [0, 0.05) is 18.8 Å². The minimum absolute atomic E-state index is 0.456. The Morgan fingerprint density at radius 2 is 2.10 bits per heavy atom. The quantitative estimate of drug-likeness (QED) is 0.844. The van der Waals surface area contributed by atoms with E-state index < -0.39 is 0 Å². The van der Waals surface area contributed by atoms with Crippen LogP contribution in [0.15, 0.2) is 12.3 Å². The number of thiocarbonyl (C=S) groups is 1. The highest BCUT2D eigenvalue weighted by molar-refractivity contribution is 7.80. The molecule has 2 N–H and O–H groups in total. The molecular formula is C16H25N3S. The Morgan fingerprint density at radius 1 is 1.45 bits per heavy atom. The normalized spacial score (nSPS) is 15.8. The van der Waals surface area contributed by atoms with Gasteiger partial charge in [0.05, 0.1) is 5.56 Å². The number of rotatable bonds is 5. The molecule has 0 saturated heterocycles. The average Bonchev–Trinajstić information content (AvgIpc) is 2.88. The number of aryl methyl sites for hydroxylation is 1. The van der Waals surface area contributed by atoms with E-state index in [-0.39, 0.29) is 0 Å². The first-order chi connectivity index (χ1) is 9.50. The van der Waals surface area contributed by atoms with Gasteiger partial charge in [0.25, 0.3) is 0 Å². The number of nitrogens with zero attached hydrogens (tertiary/aromatic N) is 2. The Kier molecular flexibility index (Phi) is 4.97. The molecule has 0 aliphatic heterocycles. The molecule has 1 saturated carbocycles. The Labute approximate surface area is 127 Å². The summed E-state index contributed by atoms with van der Waals surface area (Å²) in [5.74, 6) is 1.58. The summed E-state index contributed by atoms with van der Waals surface area (Å²) in [5.41, 5.74) is 8.02. The number of hydrogen-bond acceptors (Lipinski definition) is 3. The number of nitrogens with two attached hydrogens (primary N) is 1. The van der Waals surface area contributed by atoms with E-state index >= 15 is 0 Å². The molecule has 0 bridgehead atoms.